The van der Waals surface area contributed by atoms with E-state index in [0.29, 0.717) is 11.5 Å². The van der Waals surface area contributed by atoms with E-state index in [2.05, 4.69) is 27.7 Å². The zero-order chi connectivity index (χ0) is 9.90. The predicted octanol–water partition coefficient (Wildman–Crippen LogP) is 3.63. The van der Waals surface area contributed by atoms with Crippen molar-refractivity contribution in [3.05, 3.63) is 0 Å². The van der Waals surface area contributed by atoms with Gasteiger partial charge in [0.25, 0.3) is 0 Å². The van der Waals surface area contributed by atoms with Gasteiger partial charge in [0.1, 0.15) is 0 Å². The smallest absolute Gasteiger partial charge is 0.0526 e. The van der Waals surface area contributed by atoms with Gasteiger partial charge in [-0.3, -0.25) is 0 Å². The molecule has 0 heterocycles. The molecule has 1 aliphatic rings. The summed E-state index contributed by atoms with van der Waals surface area (Å²) < 4.78 is 5.75. The summed E-state index contributed by atoms with van der Waals surface area (Å²) >= 11 is 0. The molecule has 0 radical (unpaired) electrons. The average molecular weight is 184 g/mol. The maximum absolute atomic E-state index is 5.75. The minimum Gasteiger partial charge on any atom is -0.378 e. The van der Waals surface area contributed by atoms with E-state index in [4.69, 9.17) is 4.74 Å². The molecule has 1 aliphatic carbocycles. The summed E-state index contributed by atoms with van der Waals surface area (Å²) in [5.41, 5.74) is 0.554. The van der Waals surface area contributed by atoms with Gasteiger partial charge in [0.2, 0.25) is 0 Å². The van der Waals surface area contributed by atoms with Crippen LogP contribution in [-0.2, 0) is 4.74 Å². The zero-order valence-electron chi connectivity index (χ0n) is 9.60. The first-order valence-electron chi connectivity index (χ1n) is 5.66. The van der Waals surface area contributed by atoms with Gasteiger partial charge in [-0.1, -0.05) is 20.3 Å². The van der Waals surface area contributed by atoms with E-state index < -0.39 is 0 Å². The fraction of sp³-hybridized carbons (Fsp3) is 1.00. The molecule has 1 fully saturated rings. The molecule has 0 aromatic heterocycles. The van der Waals surface area contributed by atoms with Crippen molar-refractivity contribution in [2.45, 2.75) is 59.5 Å². The Morgan fingerprint density at radius 2 is 1.77 bits per heavy atom. The van der Waals surface area contributed by atoms with Gasteiger partial charge in [-0.05, 0) is 44.4 Å². The second kappa shape index (κ2) is 4.45. The summed E-state index contributed by atoms with van der Waals surface area (Å²) in [5, 5.41) is 0. The first-order valence-corrected chi connectivity index (χ1v) is 5.66. The first-order chi connectivity index (χ1) is 6.04. The van der Waals surface area contributed by atoms with E-state index >= 15 is 0 Å². The van der Waals surface area contributed by atoms with Crippen molar-refractivity contribution in [3.63, 3.8) is 0 Å². The molecule has 1 saturated carbocycles. The lowest BCUT2D eigenvalue weighted by Crippen LogP contribution is -2.36. The Kier molecular flexibility index (Phi) is 3.78. The highest BCUT2D eigenvalue weighted by molar-refractivity contribution is 4.88. The van der Waals surface area contributed by atoms with E-state index in [1.807, 2.05) is 0 Å². The van der Waals surface area contributed by atoms with Crippen LogP contribution in [0.2, 0.25) is 0 Å². The molecule has 0 atom stereocenters. The molecule has 0 unspecified atom stereocenters. The Labute approximate surface area is 82.9 Å². The lowest BCUT2D eigenvalue weighted by Gasteiger charge is -2.43. The molecule has 0 aromatic rings. The quantitative estimate of drug-likeness (QED) is 0.634. The normalized spacial score (nSPS) is 20.8. The van der Waals surface area contributed by atoms with E-state index in [1.54, 1.807) is 0 Å². The Morgan fingerprint density at radius 3 is 2.08 bits per heavy atom. The molecule has 1 heteroatoms. The van der Waals surface area contributed by atoms with Crippen LogP contribution in [0.1, 0.15) is 53.4 Å². The molecule has 0 saturated heterocycles. The highest BCUT2D eigenvalue weighted by Gasteiger charge is 2.37. The highest BCUT2D eigenvalue weighted by atomic mass is 16.5. The molecular formula is C12H24O. The molecule has 0 bridgehead atoms. The molecule has 13 heavy (non-hydrogen) atoms. The van der Waals surface area contributed by atoms with Crippen LogP contribution in [0, 0.1) is 11.3 Å². The van der Waals surface area contributed by atoms with Gasteiger partial charge in [-0.15, -0.1) is 0 Å². The summed E-state index contributed by atoms with van der Waals surface area (Å²) in [5.74, 6) is 0.816. The van der Waals surface area contributed by atoms with Crippen molar-refractivity contribution in [2.24, 2.45) is 11.3 Å². The summed E-state index contributed by atoms with van der Waals surface area (Å²) in [4.78, 5) is 0. The maximum atomic E-state index is 5.75. The van der Waals surface area contributed by atoms with Crippen molar-refractivity contribution >= 4 is 0 Å². The van der Waals surface area contributed by atoms with Crippen LogP contribution in [0.5, 0.6) is 0 Å². The molecule has 0 N–H and O–H groups in total. The van der Waals surface area contributed by atoms with Gasteiger partial charge in [-0.25, -0.2) is 0 Å². The SMILES string of the molecule is CC(C)CC1(COC(C)C)CCC1. The van der Waals surface area contributed by atoms with Crippen molar-refractivity contribution in [2.75, 3.05) is 6.61 Å². The Bertz CT molecular complexity index is 145. The predicted molar refractivity (Wildman–Crippen MR) is 56.8 cm³/mol. The van der Waals surface area contributed by atoms with Crippen LogP contribution in [-0.4, -0.2) is 12.7 Å². The molecule has 0 aliphatic heterocycles. The molecule has 0 amide bonds. The van der Waals surface area contributed by atoms with E-state index in [0.717, 1.165) is 12.5 Å². The molecule has 1 nitrogen and oxygen atoms in total. The van der Waals surface area contributed by atoms with Crippen LogP contribution >= 0.6 is 0 Å². The summed E-state index contributed by atoms with van der Waals surface area (Å²) in [6, 6.07) is 0. The topological polar surface area (TPSA) is 9.23 Å². The van der Waals surface area contributed by atoms with Gasteiger partial charge < -0.3 is 4.74 Å². The number of hydrogen-bond donors (Lipinski definition) is 0. The monoisotopic (exact) mass is 184 g/mol. The van der Waals surface area contributed by atoms with Gasteiger partial charge >= 0.3 is 0 Å². The lowest BCUT2D eigenvalue weighted by atomic mass is 9.65. The van der Waals surface area contributed by atoms with Crippen LogP contribution in [0.3, 0.4) is 0 Å². The zero-order valence-corrected chi connectivity index (χ0v) is 9.60. The van der Waals surface area contributed by atoms with Crippen molar-refractivity contribution < 1.29 is 4.74 Å². The Balaban J connectivity index is 2.31. The van der Waals surface area contributed by atoms with E-state index in [9.17, 15) is 0 Å². The van der Waals surface area contributed by atoms with E-state index in [-0.39, 0.29) is 0 Å². The third-order valence-corrected chi connectivity index (χ3v) is 2.98. The molecule has 0 spiro atoms. The highest BCUT2D eigenvalue weighted by Crippen LogP contribution is 2.46. The van der Waals surface area contributed by atoms with Crippen molar-refractivity contribution in [1.82, 2.24) is 0 Å². The number of hydrogen-bond acceptors (Lipinski definition) is 1. The summed E-state index contributed by atoms with van der Waals surface area (Å²) in [7, 11) is 0. The number of ether oxygens (including phenoxy) is 1. The lowest BCUT2D eigenvalue weighted by molar-refractivity contribution is -0.0433. The van der Waals surface area contributed by atoms with Crippen molar-refractivity contribution in [3.8, 4) is 0 Å². The summed E-state index contributed by atoms with van der Waals surface area (Å²) in [6.45, 7) is 9.87. The van der Waals surface area contributed by atoms with Crippen LogP contribution in [0.15, 0.2) is 0 Å². The Morgan fingerprint density at radius 1 is 1.15 bits per heavy atom. The maximum Gasteiger partial charge on any atom is 0.0526 e. The largest absolute Gasteiger partial charge is 0.378 e. The Hall–Kier alpha value is -0.0400. The van der Waals surface area contributed by atoms with Crippen LogP contribution in [0.4, 0.5) is 0 Å². The molecule has 0 aromatic carbocycles. The van der Waals surface area contributed by atoms with Gasteiger partial charge in [0, 0.05) is 0 Å². The third-order valence-electron chi connectivity index (χ3n) is 2.98. The van der Waals surface area contributed by atoms with E-state index in [1.165, 1.54) is 25.7 Å². The van der Waals surface area contributed by atoms with Gasteiger partial charge in [-0.2, -0.15) is 0 Å². The first kappa shape index (κ1) is 11.0. The minimum atomic E-state index is 0.393. The third kappa shape index (κ3) is 3.30. The molecule has 1 rings (SSSR count). The molecule has 78 valence electrons. The van der Waals surface area contributed by atoms with Gasteiger partial charge in [0.05, 0.1) is 12.7 Å². The fourth-order valence-corrected chi connectivity index (χ4v) is 2.29. The van der Waals surface area contributed by atoms with Crippen LogP contribution in [0.25, 0.3) is 0 Å². The minimum absolute atomic E-state index is 0.393. The standard InChI is InChI=1S/C12H24O/c1-10(2)8-12(6-5-7-12)9-13-11(3)4/h10-11H,5-9H2,1-4H3. The average Bonchev–Trinajstić information content (AvgIpc) is 1.93. The summed E-state index contributed by atoms with van der Waals surface area (Å²) in [6.07, 6.45) is 5.92. The molecular weight excluding hydrogens is 160 g/mol. The van der Waals surface area contributed by atoms with Gasteiger partial charge in [0.15, 0.2) is 0 Å². The second-order valence-electron chi connectivity index (χ2n) is 5.31. The fourth-order valence-electron chi connectivity index (χ4n) is 2.29. The van der Waals surface area contributed by atoms with Crippen molar-refractivity contribution in [1.29, 1.82) is 0 Å². The van der Waals surface area contributed by atoms with Crippen LogP contribution < -0.4 is 0 Å². The second-order valence-corrected chi connectivity index (χ2v) is 5.31. The number of rotatable bonds is 5.